The molecule has 0 fully saturated rings. The van der Waals surface area contributed by atoms with Crippen molar-refractivity contribution in [3.63, 3.8) is 0 Å². The van der Waals surface area contributed by atoms with Gasteiger partial charge in [0.2, 0.25) is 0 Å². The van der Waals surface area contributed by atoms with Crippen LogP contribution in [-0.4, -0.2) is 13.1 Å². The first kappa shape index (κ1) is 15.4. The molecule has 0 saturated heterocycles. The summed E-state index contributed by atoms with van der Waals surface area (Å²) in [6.45, 7) is 7.36. The van der Waals surface area contributed by atoms with Crippen molar-refractivity contribution >= 4 is 5.97 Å². The second-order valence-electron chi connectivity index (χ2n) is 3.99. The fourth-order valence-electron chi connectivity index (χ4n) is 1.56. The number of allylic oxidation sites excluding steroid dienone is 8. The molecule has 0 spiro atoms. The monoisotopic (exact) mass is 271 g/mol. The highest BCUT2D eigenvalue weighted by molar-refractivity contribution is 5.90. The van der Waals surface area contributed by atoms with Crippen LogP contribution in [0.3, 0.4) is 0 Å². The first-order valence-corrected chi connectivity index (χ1v) is 5.82. The summed E-state index contributed by atoms with van der Waals surface area (Å²) in [4.78, 5) is 11.2. The van der Waals surface area contributed by atoms with Crippen LogP contribution < -0.4 is 0 Å². The zero-order valence-corrected chi connectivity index (χ0v) is 11.1. The summed E-state index contributed by atoms with van der Waals surface area (Å²) in [6.07, 6.45) is 7.59. The zero-order chi connectivity index (χ0) is 15.1. The molecule has 0 aromatic rings. The fourth-order valence-corrected chi connectivity index (χ4v) is 1.56. The van der Waals surface area contributed by atoms with Gasteiger partial charge in [-0.15, -0.1) is 0 Å². The molecule has 0 N–H and O–H groups in total. The number of methoxy groups -OCH3 is 1. The number of nitrogens with zero attached hydrogens (tertiary/aromatic N) is 1. The lowest BCUT2D eigenvalue weighted by Crippen LogP contribution is -2.01. The van der Waals surface area contributed by atoms with E-state index in [4.69, 9.17) is 5.26 Å². The Hall–Kier alpha value is -2.67. The Bertz CT molecular complexity index is 613. The molecule has 0 aromatic carbocycles. The molecule has 0 heterocycles. The molecular formula is C16H14FNO2. The topological polar surface area (TPSA) is 50.1 Å². The minimum absolute atomic E-state index is 0.162. The molecule has 0 bridgehead atoms. The summed E-state index contributed by atoms with van der Waals surface area (Å²) < 4.78 is 17.8. The molecule has 1 aliphatic rings. The predicted octanol–water partition coefficient (Wildman–Crippen LogP) is 3.46. The lowest BCUT2D eigenvalue weighted by atomic mass is 9.98. The molecule has 4 heteroatoms. The van der Waals surface area contributed by atoms with Gasteiger partial charge in [0.1, 0.15) is 5.83 Å². The van der Waals surface area contributed by atoms with E-state index in [1.165, 1.54) is 19.3 Å². The first-order chi connectivity index (χ1) is 9.49. The van der Waals surface area contributed by atoms with E-state index in [9.17, 15) is 9.18 Å². The third-order valence-electron chi connectivity index (χ3n) is 2.61. The van der Waals surface area contributed by atoms with Crippen LogP contribution in [0.1, 0.15) is 6.42 Å². The molecule has 0 aromatic heterocycles. The summed E-state index contributed by atoms with van der Waals surface area (Å²) in [7, 11) is 1.26. The van der Waals surface area contributed by atoms with Gasteiger partial charge in [0.05, 0.1) is 24.3 Å². The summed E-state index contributed by atoms with van der Waals surface area (Å²) >= 11 is 0. The minimum Gasteiger partial charge on any atom is -0.465 e. The van der Waals surface area contributed by atoms with Crippen molar-refractivity contribution < 1.29 is 13.9 Å². The van der Waals surface area contributed by atoms with E-state index in [0.717, 1.165) is 6.08 Å². The Morgan fingerprint density at radius 3 is 2.75 bits per heavy atom. The average molecular weight is 271 g/mol. The summed E-state index contributed by atoms with van der Waals surface area (Å²) in [6, 6.07) is 1.93. The SMILES string of the molecule is C=C(/C=C\C(=C)C1=CCC=C(F)C=C1C#N)C(=O)OC. The van der Waals surface area contributed by atoms with E-state index in [-0.39, 0.29) is 11.1 Å². The highest BCUT2D eigenvalue weighted by Crippen LogP contribution is 2.24. The predicted molar refractivity (Wildman–Crippen MR) is 75.0 cm³/mol. The maximum absolute atomic E-state index is 13.3. The van der Waals surface area contributed by atoms with Gasteiger partial charge in [0.15, 0.2) is 0 Å². The number of carbonyl (C=O) groups is 1. The van der Waals surface area contributed by atoms with Gasteiger partial charge in [-0.3, -0.25) is 0 Å². The molecule has 0 atom stereocenters. The third kappa shape index (κ3) is 3.92. The van der Waals surface area contributed by atoms with Gasteiger partial charge >= 0.3 is 5.97 Å². The summed E-state index contributed by atoms with van der Waals surface area (Å²) in [5, 5.41) is 9.05. The van der Waals surface area contributed by atoms with Gasteiger partial charge in [-0.05, 0) is 35.8 Å². The van der Waals surface area contributed by atoms with Crippen molar-refractivity contribution in [2.75, 3.05) is 7.11 Å². The highest BCUT2D eigenvalue weighted by Gasteiger charge is 2.11. The Balaban J connectivity index is 2.93. The van der Waals surface area contributed by atoms with Crippen molar-refractivity contribution in [3.8, 4) is 6.07 Å². The van der Waals surface area contributed by atoms with E-state index in [2.05, 4.69) is 17.9 Å². The lowest BCUT2D eigenvalue weighted by molar-refractivity contribution is -0.135. The lowest BCUT2D eigenvalue weighted by Gasteiger charge is -2.05. The number of halogens is 1. The summed E-state index contributed by atoms with van der Waals surface area (Å²) in [5.74, 6) is -1.00. The molecule has 1 aliphatic carbocycles. The van der Waals surface area contributed by atoms with Crippen molar-refractivity contribution in [2.45, 2.75) is 6.42 Å². The fraction of sp³-hybridized carbons (Fsp3) is 0.125. The Kier molecular flexibility index (Phi) is 5.42. The smallest absolute Gasteiger partial charge is 0.337 e. The van der Waals surface area contributed by atoms with Gasteiger partial charge in [-0.1, -0.05) is 25.3 Å². The van der Waals surface area contributed by atoms with E-state index in [0.29, 0.717) is 17.6 Å². The van der Waals surface area contributed by atoms with Crippen molar-refractivity contribution in [2.24, 2.45) is 0 Å². The second-order valence-corrected chi connectivity index (χ2v) is 3.99. The van der Waals surface area contributed by atoms with Crippen molar-refractivity contribution in [1.82, 2.24) is 0 Å². The largest absolute Gasteiger partial charge is 0.465 e. The molecule has 0 amide bonds. The van der Waals surface area contributed by atoms with Crippen LogP contribution >= 0.6 is 0 Å². The number of hydrogen-bond acceptors (Lipinski definition) is 3. The van der Waals surface area contributed by atoms with Crippen molar-refractivity contribution in [3.05, 3.63) is 71.7 Å². The summed E-state index contributed by atoms with van der Waals surface area (Å²) in [5.41, 5.74) is 1.38. The molecule has 0 aliphatic heterocycles. The Morgan fingerprint density at radius 1 is 1.45 bits per heavy atom. The zero-order valence-electron chi connectivity index (χ0n) is 11.1. The van der Waals surface area contributed by atoms with Crippen LogP contribution in [0.15, 0.2) is 71.7 Å². The number of ether oxygens (including phenoxy) is 1. The third-order valence-corrected chi connectivity index (χ3v) is 2.61. The van der Waals surface area contributed by atoms with E-state index in [1.807, 2.05) is 6.07 Å². The van der Waals surface area contributed by atoms with Crippen LogP contribution in [0.4, 0.5) is 4.39 Å². The number of carbonyl (C=O) groups excluding carboxylic acids is 1. The van der Waals surface area contributed by atoms with Crippen LogP contribution in [0.25, 0.3) is 0 Å². The van der Waals surface area contributed by atoms with Gasteiger partial charge in [0.25, 0.3) is 0 Å². The van der Waals surface area contributed by atoms with E-state index >= 15 is 0 Å². The molecular weight excluding hydrogens is 257 g/mol. The molecule has 3 nitrogen and oxygen atoms in total. The maximum atomic E-state index is 13.3. The highest BCUT2D eigenvalue weighted by atomic mass is 19.1. The first-order valence-electron chi connectivity index (χ1n) is 5.82. The van der Waals surface area contributed by atoms with Gasteiger partial charge in [-0.25, -0.2) is 9.18 Å². The standard InChI is InChI=1S/C16H14FNO2/c1-11(7-8-12(2)16(19)20-3)15-6-4-5-14(17)9-13(15)10-18/h5-9H,1-2,4H2,3H3/b8-7-. The number of hydrogen-bond donors (Lipinski definition) is 0. The number of esters is 1. The molecule has 0 radical (unpaired) electrons. The Morgan fingerprint density at radius 2 is 2.15 bits per heavy atom. The normalized spacial score (nSPS) is 14.6. The van der Waals surface area contributed by atoms with Gasteiger partial charge in [-0.2, -0.15) is 5.26 Å². The van der Waals surface area contributed by atoms with Crippen LogP contribution in [0.5, 0.6) is 0 Å². The van der Waals surface area contributed by atoms with Gasteiger partial charge < -0.3 is 4.74 Å². The molecule has 20 heavy (non-hydrogen) atoms. The second kappa shape index (κ2) is 7.05. The number of nitriles is 1. The van der Waals surface area contributed by atoms with Crippen LogP contribution in [0, 0.1) is 11.3 Å². The minimum atomic E-state index is -0.548. The van der Waals surface area contributed by atoms with Crippen LogP contribution in [-0.2, 0) is 9.53 Å². The molecule has 0 saturated carbocycles. The average Bonchev–Trinajstić information content (AvgIpc) is 2.64. The van der Waals surface area contributed by atoms with Gasteiger partial charge in [0, 0.05) is 0 Å². The molecule has 1 rings (SSSR count). The number of rotatable bonds is 4. The molecule has 102 valence electrons. The van der Waals surface area contributed by atoms with Crippen LogP contribution in [0.2, 0.25) is 0 Å². The molecule has 0 unspecified atom stereocenters. The van der Waals surface area contributed by atoms with E-state index < -0.39 is 11.8 Å². The van der Waals surface area contributed by atoms with Crippen molar-refractivity contribution in [1.29, 1.82) is 5.26 Å². The van der Waals surface area contributed by atoms with E-state index in [1.54, 1.807) is 12.2 Å². The Labute approximate surface area is 117 Å². The quantitative estimate of drug-likeness (QED) is 0.447. The maximum Gasteiger partial charge on any atom is 0.337 e.